The van der Waals surface area contributed by atoms with E-state index in [-0.39, 0.29) is 6.42 Å². The van der Waals surface area contributed by atoms with Gasteiger partial charge >= 0.3 is 5.97 Å². The van der Waals surface area contributed by atoms with Gasteiger partial charge in [0.05, 0.1) is 5.92 Å². The van der Waals surface area contributed by atoms with Crippen molar-refractivity contribution >= 4 is 11.9 Å². The molecule has 0 bridgehead atoms. The Kier molecular flexibility index (Phi) is 4.20. The Balaban J connectivity index is 4.02. The van der Waals surface area contributed by atoms with Crippen LogP contribution < -0.4 is 11.5 Å². The minimum absolute atomic E-state index is 0.263. The summed E-state index contributed by atoms with van der Waals surface area (Å²) in [5.74, 6) is -3.24. The maximum Gasteiger partial charge on any atom is 0.320 e. The lowest BCUT2D eigenvalue weighted by molar-refractivity contribution is -0.139. The van der Waals surface area contributed by atoms with Gasteiger partial charge in [-0.2, -0.15) is 0 Å². The fourth-order valence-electron chi connectivity index (χ4n) is 0.663. The highest BCUT2D eigenvalue weighted by Gasteiger charge is 2.22. The Morgan fingerprint density at radius 1 is 1.50 bits per heavy atom. The average Bonchev–Trinajstić information content (AvgIpc) is 1.98. The van der Waals surface area contributed by atoms with Crippen LogP contribution in [0.25, 0.3) is 0 Å². The number of hydrogen-bond acceptors (Lipinski definition) is 3. The highest BCUT2D eigenvalue weighted by Crippen LogP contribution is 2.05. The van der Waals surface area contributed by atoms with E-state index in [4.69, 9.17) is 16.6 Å². The van der Waals surface area contributed by atoms with E-state index in [1.54, 1.807) is 0 Å². The fraction of sp³-hybridized carbons (Fsp3) is 0.667. The fourth-order valence-corrected chi connectivity index (χ4v) is 0.663. The molecule has 5 N–H and O–H groups in total. The zero-order chi connectivity index (χ0) is 9.72. The van der Waals surface area contributed by atoms with Crippen LogP contribution in [0.4, 0.5) is 4.39 Å². The van der Waals surface area contributed by atoms with Crippen molar-refractivity contribution in [2.45, 2.75) is 12.5 Å². The molecule has 0 aliphatic heterocycles. The summed E-state index contributed by atoms with van der Waals surface area (Å²) in [5.41, 5.74) is 9.82. The number of nitrogens with two attached hydrogens (primary N) is 2. The Hall–Kier alpha value is -1.17. The van der Waals surface area contributed by atoms with Crippen LogP contribution >= 0.6 is 0 Å². The Morgan fingerprint density at radius 3 is 2.25 bits per heavy atom. The van der Waals surface area contributed by atoms with E-state index in [9.17, 15) is 14.0 Å². The number of rotatable bonds is 5. The van der Waals surface area contributed by atoms with Crippen LogP contribution in [0.1, 0.15) is 6.42 Å². The minimum Gasteiger partial charge on any atom is -0.480 e. The van der Waals surface area contributed by atoms with Gasteiger partial charge in [0.1, 0.15) is 12.7 Å². The summed E-state index contributed by atoms with van der Waals surface area (Å²) in [4.78, 5) is 20.6. The lowest BCUT2D eigenvalue weighted by Gasteiger charge is -2.11. The highest BCUT2D eigenvalue weighted by molar-refractivity contribution is 5.79. The quantitative estimate of drug-likeness (QED) is 0.494. The van der Waals surface area contributed by atoms with Gasteiger partial charge in [0, 0.05) is 0 Å². The monoisotopic (exact) mass is 178 g/mol. The summed E-state index contributed by atoms with van der Waals surface area (Å²) in [5, 5.41) is 8.31. The summed E-state index contributed by atoms with van der Waals surface area (Å²) < 4.78 is 12.0. The zero-order valence-electron chi connectivity index (χ0n) is 6.37. The van der Waals surface area contributed by atoms with Crippen molar-refractivity contribution in [3.63, 3.8) is 0 Å². The molecular weight excluding hydrogens is 167 g/mol. The van der Waals surface area contributed by atoms with Gasteiger partial charge in [0.25, 0.3) is 0 Å². The molecule has 0 radical (unpaired) electrons. The number of alkyl halides is 1. The molecule has 0 aromatic carbocycles. The molecule has 0 unspecified atom stereocenters. The molecule has 5 nitrogen and oxygen atoms in total. The second kappa shape index (κ2) is 4.66. The second-order valence-electron chi connectivity index (χ2n) is 2.43. The standard InChI is InChI=1S/C6H11FN2O3/c7-2-3(5(9)10)1-4(8)6(11)12/h3-4H,1-2,8H2,(H2,9,10)(H,11,12)/t3-,4-/m0/s1. The van der Waals surface area contributed by atoms with Crippen LogP contribution in [0, 0.1) is 5.92 Å². The number of carbonyl (C=O) groups excluding carboxylic acids is 1. The molecule has 0 rings (SSSR count). The van der Waals surface area contributed by atoms with E-state index < -0.39 is 30.5 Å². The largest absolute Gasteiger partial charge is 0.480 e. The van der Waals surface area contributed by atoms with Crippen LogP contribution in [0.2, 0.25) is 0 Å². The minimum atomic E-state index is -1.27. The van der Waals surface area contributed by atoms with E-state index in [2.05, 4.69) is 0 Å². The molecule has 0 heterocycles. The average molecular weight is 178 g/mol. The van der Waals surface area contributed by atoms with Crippen molar-refractivity contribution in [2.24, 2.45) is 17.4 Å². The molecule has 0 aromatic heterocycles. The lowest BCUT2D eigenvalue weighted by atomic mass is 10.0. The number of carboxylic acid groups (broad SMARTS) is 1. The first-order valence-electron chi connectivity index (χ1n) is 3.32. The van der Waals surface area contributed by atoms with Crippen molar-refractivity contribution in [1.29, 1.82) is 0 Å². The van der Waals surface area contributed by atoms with E-state index >= 15 is 0 Å². The molecule has 0 saturated carbocycles. The molecule has 0 spiro atoms. The van der Waals surface area contributed by atoms with Crippen molar-refractivity contribution < 1.29 is 19.1 Å². The van der Waals surface area contributed by atoms with Gasteiger partial charge in [-0.1, -0.05) is 0 Å². The smallest absolute Gasteiger partial charge is 0.320 e. The summed E-state index contributed by atoms with van der Waals surface area (Å²) in [6, 6.07) is -1.24. The topological polar surface area (TPSA) is 106 Å². The molecule has 1 amide bonds. The van der Waals surface area contributed by atoms with Crippen LogP contribution in [0.5, 0.6) is 0 Å². The van der Waals surface area contributed by atoms with Gasteiger partial charge in [-0.25, -0.2) is 0 Å². The third-order valence-electron chi connectivity index (χ3n) is 1.44. The maximum atomic E-state index is 12.0. The molecule has 0 aliphatic rings. The molecule has 0 saturated heterocycles. The van der Waals surface area contributed by atoms with Crippen molar-refractivity contribution in [3.8, 4) is 0 Å². The third kappa shape index (κ3) is 3.29. The Bertz CT molecular complexity index is 186. The molecule has 6 heteroatoms. The lowest BCUT2D eigenvalue weighted by Crippen LogP contribution is -2.37. The zero-order valence-corrected chi connectivity index (χ0v) is 6.37. The number of primary amides is 1. The van der Waals surface area contributed by atoms with E-state index in [1.807, 2.05) is 0 Å². The number of aliphatic carboxylic acids is 1. The summed E-state index contributed by atoms with van der Waals surface area (Å²) in [7, 11) is 0. The predicted octanol–water partition coefficient (Wildman–Crippen LogP) is -1.14. The van der Waals surface area contributed by atoms with Crippen LogP contribution in [0.15, 0.2) is 0 Å². The van der Waals surface area contributed by atoms with Crippen molar-refractivity contribution in [2.75, 3.05) is 6.67 Å². The van der Waals surface area contributed by atoms with Crippen LogP contribution in [-0.4, -0.2) is 29.7 Å². The van der Waals surface area contributed by atoms with E-state index in [1.165, 1.54) is 0 Å². The van der Waals surface area contributed by atoms with Gasteiger partial charge in [-0.3, -0.25) is 14.0 Å². The molecule has 70 valence electrons. The van der Waals surface area contributed by atoms with Crippen LogP contribution in [0.3, 0.4) is 0 Å². The predicted molar refractivity (Wildman–Crippen MR) is 38.9 cm³/mol. The first-order valence-corrected chi connectivity index (χ1v) is 3.32. The van der Waals surface area contributed by atoms with Gasteiger partial charge in [0.2, 0.25) is 5.91 Å². The Labute approximate surface area is 68.5 Å². The molecule has 0 aromatic rings. The number of halogens is 1. The van der Waals surface area contributed by atoms with Crippen molar-refractivity contribution in [1.82, 2.24) is 0 Å². The normalized spacial score (nSPS) is 15.2. The Morgan fingerprint density at radius 2 is 2.00 bits per heavy atom. The molecule has 0 aliphatic carbocycles. The number of amides is 1. The molecule has 2 atom stereocenters. The summed E-state index contributed by atoms with van der Waals surface area (Å²) >= 11 is 0. The van der Waals surface area contributed by atoms with Gasteiger partial charge in [-0.05, 0) is 6.42 Å². The SMILES string of the molecule is NC(=O)[C@H](CF)C[C@H](N)C(=O)O. The number of hydrogen-bond donors (Lipinski definition) is 3. The first-order chi connectivity index (χ1) is 5.49. The first kappa shape index (κ1) is 10.8. The van der Waals surface area contributed by atoms with Gasteiger partial charge in [0.15, 0.2) is 0 Å². The third-order valence-corrected chi connectivity index (χ3v) is 1.44. The summed E-state index contributed by atoms with van der Waals surface area (Å²) in [6.07, 6.45) is -0.263. The van der Waals surface area contributed by atoms with Gasteiger partial charge < -0.3 is 16.6 Å². The maximum absolute atomic E-state index is 12.0. The van der Waals surface area contributed by atoms with E-state index in [0.717, 1.165) is 0 Å². The number of carbonyl (C=O) groups is 2. The number of carboxylic acids is 1. The van der Waals surface area contributed by atoms with Crippen LogP contribution in [-0.2, 0) is 9.59 Å². The molecule has 12 heavy (non-hydrogen) atoms. The molecular formula is C6H11FN2O3. The molecule has 0 fully saturated rings. The summed E-state index contributed by atoms with van der Waals surface area (Å²) in [6.45, 7) is -0.976. The van der Waals surface area contributed by atoms with Crippen molar-refractivity contribution in [3.05, 3.63) is 0 Å². The highest BCUT2D eigenvalue weighted by atomic mass is 19.1. The second-order valence-corrected chi connectivity index (χ2v) is 2.43. The van der Waals surface area contributed by atoms with Gasteiger partial charge in [-0.15, -0.1) is 0 Å². The van der Waals surface area contributed by atoms with E-state index in [0.29, 0.717) is 0 Å².